The van der Waals surface area contributed by atoms with Crippen LogP contribution in [0.15, 0.2) is 24.5 Å². The number of aliphatic hydroxyl groups excluding tert-OH is 1. The molecule has 1 aromatic carbocycles. The Morgan fingerprint density at radius 2 is 2.19 bits per heavy atom. The molecular weight excluding hydrogens is 226 g/mol. The Balaban J connectivity index is 2.53. The Bertz CT molecular complexity index is 504. The number of hydrogen-bond donors (Lipinski definition) is 1. The van der Waals surface area contributed by atoms with Crippen molar-refractivity contribution >= 4 is 28.3 Å². The zero-order chi connectivity index (χ0) is 11.5. The number of halogens is 1. The van der Waals surface area contributed by atoms with Crippen LogP contribution in [0.2, 0.25) is 5.02 Å². The van der Waals surface area contributed by atoms with E-state index in [1.165, 1.54) is 6.33 Å². The Labute approximate surface area is 98.5 Å². The minimum absolute atomic E-state index is 0.0928. The molecule has 0 atom stereocenters. The molecule has 0 aliphatic rings. The molecule has 0 unspecified atom stereocenters. The summed E-state index contributed by atoms with van der Waals surface area (Å²) in [6.07, 6.45) is 1.50. The van der Waals surface area contributed by atoms with E-state index in [-0.39, 0.29) is 6.61 Å². The molecule has 0 spiro atoms. The predicted octanol–water partition coefficient (Wildman–Crippen LogP) is 1.71. The zero-order valence-corrected chi connectivity index (χ0v) is 9.65. The van der Waals surface area contributed by atoms with Gasteiger partial charge in [-0.25, -0.2) is 9.97 Å². The third-order valence-corrected chi connectivity index (χ3v) is 2.61. The van der Waals surface area contributed by atoms with Gasteiger partial charge in [0.1, 0.15) is 12.1 Å². The fourth-order valence-electron chi connectivity index (χ4n) is 1.58. The third kappa shape index (κ3) is 2.08. The molecule has 2 rings (SSSR count). The first-order valence-electron chi connectivity index (χ1n) is 4.94. The summed E-state index contributed by atoms with van der Waals surface area (Å²) in [6, 6.07) is 5.50. The Morgan fingerprint density at radius 1 is 1.38 bits per heavy atom. The summed E-state index contributed by atoms with van der Waals surface area (Å²) < 4.78 is 0. The highest BCUT2D eigenvalue weighted by molar-refractivity contribution is 6.31. The topological polar surface area (TPSA) is 49.2 Å². The van der Waals surface area contributed by atoms with Gasteiger partial charge in [0.25, 0.3) is 0 Å². The van der Waals surface area contributed by atoms with Crippen molar-refractivity contribution in [2.24, 2.45) is 0 Å². The van der Waals surface area contributed by atoms with E-state index in [4.69, 9.17) is 16.7 Å². The standard InChI is InChI=1S/C11H12ClN3O/c1-15(4-5-16)11-9-3-2-8(12)6-10(9)13-7-14-11/h2-3,6-7,16H,4-5H2,1H3. The number of fused-ring (bicyclic) bond motifs is 1. The quantitative estimate of drug-likeness (QED) is 0.883. The van der Waals surface area contributed by atoms with Crippen LogP contribution in [0.5, 0.6) is 0 Å². The number of rotatable bonds is 3. The first-order valence-corrected chi connectivity index (χ1v) is 5.32. The van der Waals surface area contributed by atoms with Gasteiger partial charge < -0.3 is 10.0 Å². The fourth-order valence-corrected chi connectivity index (χ4v) is 1.74. The molecular formula is C11H12ClN3O. The molecule has 0 amide bonds. The highest BCUT2D eigenvalue weighted by Crippen LogP contribution is 2.24. The molecule has 0 fully saturated rings. The second-order valence-corrected chi connectivity index (χ2v) is 3.94. The molecule has 2 aromatic rings. The molecule has 0 saturated carbocycles. The van der Waals surface area contributed by atoms with Crippen molar-refractivity contribution in [1.82, 2.24) is 9.97 Å². The lowest BCUT2D eigenvalue weighted by molar-refractivity contribution is 0.304. The second kappa shape index (κ2) is 4.63. The zero-order valence-electron chi connectivity index (χ0n) is 8.89. The largest absolute Gasteiger partial charge is 0.395 e. The van der Waals surface area contributed by atoms with Crippen LogP contribution in [0, 0.1) is 0 Å². The van der Waals surface area contributed by atoms with Crippen LogP contribution in [-0.2, 0) is 0 Å². The van der Waals surface area contributed by atoms with Crippen LogP contribution in [-0.4, -0.2) is 35.3 Å². The van der Waals surface area contributed by atoms with Crippen molar-refractivity contribution in [3.05, 3.63) is 29.5 Å². The molecule has 4 nitrogen and oxygen atoms in total. The highest BCUT2D eigenvalue weighted by Gasteiger charge is 2.07. The normalized spacial score (nSPS) is 10.7. The van der Waals surface area contributed by atoms with E-state index in [1.807, 2.05) is 24.1 Å². The van der Waals surface area contributed by atoms with Gasteiger partial charge in [-0.1, -0.05) is 11.6 Å². The van der Waals surface area contributed by atoms with Crippen molar-refractivity contribution in [2.75, 3.05) is 25.1 Å². The number of hydrogen-bond acceptors (Lipinski definition) is 4. The molecule has 0 aliphatic carbocycles. The number of likely N-dealkylation sites (N-methyl/N-ethyl adjacent to an activating group) is 1. The summed E-state index contributed by atoms with van der Waals surface area (Å²) in [5, 5.41) is 10.5. The van der Waals surface area contributed by atoms with E-state index in [0.29, 0.717) is 11.6 Å². The monoisotopic (exact) mass is 237 g/mol. The second-order valence-electron chi connectivity index (χ2n) is 3.50. The van der Waals surface area contributed by atoms with E-state index in [1.54, 1.807) is 6.07 Å². The van der Waals surface area contributed by atoms with Crippen LogP contribution in [0.1, 0.15) is 0 Å². The fraction of sp³-hybridized carbons (Fsp3) is 0.273. The van der Waals surface area contributed by atoms with Gasteiger partial charge in [-0.15, -0.1) is 0 Å². The lowest BCUT2D eigenvalue weighted by atomic mass is 10.2. The van der Waals surface area contributed by atoms with Crippen molar-refractivity contribution < 1.29 is 5.11 Å². The maximum Gasteiger partial charge on any atom is 0.139 e. The molecule has 0 saturated heterocycles. The Morgan fingerprint density at radius 3 is 2.94 bits per heavy atom. The summed E-state index contributed by atoms with van der Waals surface area (Å²) in [7, 11) is 1.88. The minimum atomic E-state index is 0.0928. The molecule has 84 valence electrons. The van der Waals surface area contributed by atoms with Crippen LogP contribution in [0.25, 0.3) is 10.9 Å². The molecule has 1 heterocycles. The van der Waals surface area contributed by atoms with E-state index < -0.39 is 0 Å². The number of benzene rings is 1. The number of aliphatic hydroxyl groups is 1. The van der Waals surface area contributed by atoms with Crippen LogP contribution < -0.4 is 4.90 Å². The van der Waals surface area contributed by atoms with Crippen LogP contribution in [0.4, 0.5) is 5.82 Å². The predicted molar refractivity (Wildman–Crippen MR) is 64.9 cm³/mol. The maximum atomic E-state index is 8.91. The van der Waals surface area contributed by atoms with Crippen LogP contribution in [0.3, 0.4) is 0 Å². The summed E-state index contributed by atoms with van der Waals surface area (Å²) in [5.74, 6) is 0.802. The van der Waals surface area contributed by atoms with Gasteiger partial charge in [-0.05, 0) is 18.2 Å². The van der Waals surface area contributed by atoms with E-state index in [9.17, 15) is 0 Å². The summed E-state index contributed by atoms with van der Waals surface area (Å²) in [6.45, 7) is 0.629. The van der Waals surface area contributed by atoms with Gasteiger partial charge >= 0.3 is 0 Å². The average Bonchev–Trinajstić information content (AvgIpc) is 2.28. The van der Waals surface area contributed by atoms with Gasteiger partial charge in [0.15, 0.2) is 0 Å². The summed E-state index contributed by atoms with van der Waals surface area (Å²) in [4.78, 5) is 10.3. The van der Waals surface area contributed by atoms with Crippen LogP contribution >= 0.6 is 11.6 Å². The first-order chi connectivity index (χ1) is 7.72. The lowest BCUT2D eigenvalue weighted by Gasteiger charge is -2.18. The summed E-state index contributed by atoms with van der Waals surface area (Å²) in [5.41, 5.74) is 0.808. The number of anilines is 1. The van der Waals surface area contributed by atoms with Crippen molar-refractivity contribution in [3.63, 3.8) is 0 Å². The van der Waals surface area contributed by atoms with Gasteiger partial charge in [0.2, 0.25) is 0 Å². The van der Waals surface area contributed by atoms with E-state index in [0.717, 1.165) is 16.7 Å². The van der Waals surface area contributed by atoms with Crippen molar-refractivity contribution in [3.8, 4) is 0 Å². The molecule has 0 bridgehead atoms. The van der Waals surface area contributed by atoms with Gasteiger partial charge in [-0.2, -0.15) is 0 Å². The number of nitrogens with zero attached hydrogens (tertiary/aromatic N) is 3. The molecule has 1 aromatic heterocycles. The van der Waals surface area contributed by atoms with Gasteiger partial charge in [0.05, 0.1) is 12.1 Å². The molecule has 1 N–H and O–H groups in total. The highest BCUT2D eigenvalue weighted by atomic mass is 35.5. The van der Waals surface area contributed by atoms with Crippen molar-refractivity contribution in [2.45, 2.75) is 0 Å². The first kappa shape index (κ1) is 11.1. The van der Waals surface area contributed by atoms with E-state index >= 15 is 0 Å². The van der Waals surface area contributed by atoms with Crippen molar-refractivity contribution in [1.29, 1.82) is 0 Å². The summed E-state index contributed by atoms with van der Waals surface area (Å²) >= 11 is 5.90. The number of aromatic nitrogens is 2. The minimum Gasteiger partial charge on any atom is -0.395 e. The average molecular weight is 238 g/mol. The molecule has 0 aliphatic heterocycles. The van der Waals surface area contributed by atoms with E-state index in [2.05, 4.69) is 9.97 Å². The Hall–Kier alpha value is -1.39. The Kier molecular flexibility index (Phi) is 3.22. The molecule has 5 heteroatoms. The SMILES string of the molecule is CN(CCO)c1ncnc2cc(Cl)ccc12. The third-order valence-electron chi connectivity index (χ3n) is 2.37. The molecule has 16 heavy (non-hydrogen) atoms. The van der Waals surface area contributed by atoms with Gasteiger partial charge in [0, 0.05) is 24.0 Å². The lowest BCUT2D eigenvalue weighted by Crippen LogP contribution is -2.22. The molecule has 0 radical (unpaired) electrons. The smallest absolute Gasteiger partial charge is 0.139 e. The maximum absolute atomic E-state index is 8.91. The van der Waals surface area contributed by atoms with Gasteiger partial charge in [-0.3, -0.25) is 0 Å².